The van der Waals surface area contributed by atoms with Crippen molar-refractivity contribution in [2.24, 2.45) is 0 Å². The number of halogens is 1. The summed E-state index contributed by atoms with van der Waals surface area (Å²) in [5.41, 5.74) is 1.01. The van der Waals surface area contributed by atoms with E-state index in [1.165, 1.54) is 0 Å². The number of alkyl halides is 1. The third kappa shape index (κ3) is 3.21. The minimum atomic E-state index is 0.595. The Kier molecular flexibility index (Phi) is 4.07. The largest absolute Gasteiger partial charge is 0.143 e. The van der Waals surface area contributed by atoms with Crippen molar-refractivity contribution < 1.29 is 0 Å². The fourth-order valence-electron chi connectivity index (χ4n) is 0.757. The lowest BCUT2D eigenvalue weighted by Crippen LogP contribution is -1.73. The van der Waals surface area contributed by atoms with Crippen LogP contribution in [0, 0.1) is 11.8 Å². The summed E-state index contributed by atoms with van der Waals surface area (Å²) in [7, 11) is 0. The van der Waals surface area contributed by atoms with Gasteiger partial charge >= 0.3 is 0 Å². The summed E-state index contributed by atoms with van der Waals surface area (Å²) in [5.74, 6) is 6.56. The number of hydrogen-bond acceptors (Lipinski definition) is 1. The van der Waals surface area contributed by atoms with Crippen LogP contribution in [0.1, 0.15) is 12.0 Å². The summed E-state index contributed by atoms with van der Waals surface area (Å²) in [6, 6.07) is 7.74. The molecule has 1 aromatic rings. The Bertz CT molecular complexity index is 292. The second kappa shape index (κ2) is 5.13. The third-order valence-corrected chi connectivity index (χ3v) is 1.81. The highest BCUT2D eigenvalue weighted by molar-refractivity contribution is 7.80. The van der Waals surface area contributed by atoms with E-state index in [-0.39, 0.29) is 0 Å². The van der Waals surface area contributed by atoms with E-state index in [0.717, 1.165) is 16.9 Å². The van der Waals surface area contributed by atoms with E-state index in [1.54, 1.807) is 0 Å². The fraction of sp³-hybridized carbons (Fsp3) is 0.200. The number of thiol groups is 1. The van der Waals surface area contributed by atoms with Crippen LogP contribution in [-0.4, -0.2) is 5.88 Å². The van der Waals surface area contributed by atoms with Crippen LogP contribution in [0.3, 0.4) is 0 Å². The van der Waals surface area contributed by atoms with Gasteiger partial charge in [-0.05, 0) is 24.3 Å². The molecule has 0 aliphatic rings. The van der Waals surface area contributed by atoms with Gasteiger partial charge in [-0.25, -0.2) is 0 Å². The number of rotatable bonds is 1. The van der Waals surface area contributed by atoms with Gasteiger partial charge in [0.15, 0.2) is 0 Å². The predicted octanol–water partition coefficient (Wildman–Crippen LogP) is 2.96. The highest BCUT2D eigenvalue weighted by Crippen LogP contribution is 2.06. The van der Waals surface area contributed by atoms with Crippen LogP contribution >= 0.6 is 24.2 Å². The number of hydrogen-bond donors (Lipinski definition) is 1. The van der Waals surface area contributed by atoms with Crippen LogP contribution in [0.4, 0.5) is 0 Å². The molecule has 0 heterocycles. The summed E-state index contributed by atoms with van der Waals surface area (Å²) >= 11 is 9.65. The monoisotopic (exact) mass is 196 g/mol. The van der Waals surface area contributed by atoms with Crippen molar-refractivity contribution in [3.8, 4) is 11.8 Å². The van der Waals surface area contributed by atoms with Crippen LogP contribution < -0.4 is 0 Å². The highest BCUT2D eigenvalue weighted by Gasteiger charge is 1.85. The molecule has 0 N–H and O–H groups in total. The molecule has 0 aromatic heterocycles. The van der Waals surface area contributed by atoms with Crippen molar-refractivity contribution in [1.29, 1.82) is 0 Å². The molecule has 0 saturated heterocycles. The average Bonchev–Trinajstić information content (AvgIpc) is 2.09. The van der Waals surface area contributed by atoms with Crippen molar-refractivity contribution >= 4 is 24.2 Å². The van der Waals surface area contributed by atoms with E-state index in [1.807, 2.05) is 24.3 Å². The topological polar surface area (TPSA) is 0 Å². The maximum absolute atomic E-state index is 5.48. The molecule has 0 aliphatic heterocycles. The molecular formula is C10H9ClS. The van der Waals surface area contributed by atoms with Crippen LogP contribution in [-0.2, 0) is 0 Å². The molecule has 0 unspecified atom stereocenters. The molecule has 0 saturated carbocycles. The quantitative estimate of drug-likeness (QED) is 0.399. The Hall–Kier alpha value is -0.580. The normalized spacial score (nSPS) is 8.83. The van der Waals surface area contributed by atoms with E-state index in [4.69, 9.17) is 11.6 Å². The lowest BCUT2D eigenvalue weighted by Gasteiger charge is -1.90. The molecular weight excluding hydrogens is 188 g/mol. The van der Waals surface area contributed by atoms with Gasteiger partial charge in [0.05, 0.1) is 0 Å². The molecule has 12 heavy (non-hydrogen) atoms. The van der Waals surface area contributed by atoms with E-state index in [2.05, 4.69) is 24.5 Å². The zero-order chi connectivity index (χ0) is 8.81. The van der Waals surface area contributed by atoms with Crippen molar-refractivity contribution in [3.05, 3.63) is 29.8 Å². The van der Waals surface area contributed by atoms with Gasteiger partial charge in [-0.2, -0.15) is 0 Å². The van der Waals surface area contributed by atoms with E-state index >= 15 is 0 Å². The van der Waals surface area contributed by atoms with E-state index in [9.17, 15) is 0 Å². The Morgan fingerprint density at radius 3 is 2.50 bits per heavy atom. The first-order valence-corrected chi connectivity index (χ1v) is 4.65. The van der Waals surface area contributed by atoms with Crippen molar-refractivity contribution in [3.63, 3.8) is 0 Å². The molecule has 0 fully saturated rings. The van der Waals surface area contributed by atoms with Gasteiger partial charge in [0.25, 0.3) is 0 Å². The Morgan fingerprint density at radius 1 is 1.25 bits per heavy atom. The molecule has 0 nitrogen and oxygen atoms in total. The highest BCUT2D eigenvalue weighted by atomic mass is 35.5. The lowest BCUT2D eigenvalue weighted by atomic mass is 10.2. The summed E-state index contributed by atoms with van der Waals surface area (Å²) in [6.07, 6.45) is 0.740. The van der Waals surface area contributed by atoms with E-state index in [0.29, 0.717) is 5.88 Å². The molecule has 0 spiro atoms. The average molecular weight is 197 g/mol. The molecule has 0 bridgehead atoms. The zero-order valence-electron chi connectivity index (χ0n) is 6.55. The fourth-order valence-corrected chi connectivity index (χ4v) is 1.00. The summed E-state index contributed by atoms with van der Waals surface area (Å²) < 4.78 is 0. The Morgan fingerprint density at radius 2 is 1.92 bits per heavy atom. The molecule has 0 atom stereocenters. The first kappa shape index (κ1) is 9.51. The van der Waals surface area contributed by atoms with Crippen molar-refractivity contribution in [2.45, 2.75) is 11.3 Å². The van der Waals surface area contributed by atoms with Crippen LogP contribution in [0.25, 0.3) is 0 Å². The van der Waals surface area contributed by atoms with Crippen LogP contribution in [0.2, 0.25) is 0 Å². The molecule has 1 aromatic carbocycles. The van der Waals surface area contributed by atoms with Gasteiger partial charge in [0, 0.05) is 22.8 Å². The molecule has 0 aliphatic carbocycles. The van der Waals surface area contributed by atoms with Gasteiger partial charge < -0.3 is 0 Å². The molecule has 0 radical (unpaired) electrons. The zero-order valence-corrected chi connectivity index (χ0v) is 8.20. The Balaban J connectivity index is 2.66. The summed E-state index contributed by atoms with van der Waals surface area (Å²) in [5, 5.41) is 0. The molecule has 1 rings (SSSR count). The van der Waals surface area contributed by atoms with Gasteiger partial charge in [0.2, 0.25) is 0 Å². The first-order valence-electron chi connectivity index (χ1n) is 3.67. The molecule has 0 amide bonds. The lowest BCUT2D eigenvalue weighted by molar-refractivity contribution is 1.29. The third-order valence-electron chi connectivity index (χ3n) is 1.32. The van der Waals surface area contributed by atoms with Crippen LogP contribution in [0.15, 0.2) is 29.2 Å². The standard InChI is InChI=1S/C10H9ClS/c11-8-2-1-3-9-4-6-10(12)7-5-9/h4-7,12H,2,8H2. The summed E-state index contributed by atoms with van der Waals surface area (Å²) in [6.45, 7) is 0. The van der Waals surface area contributed by atoms with Gasteiger partial charge in [-0.3, -0.25) is 0 Å². The van der Waals surface area contributed by atoms with Crippen molar-refractivity contribution in [1.82, 2.24) is 0 Å². The molecule has 62 valence electrons. The minimum Gasteiger partial charge on any atom is -0.143 e. The van der Waals surface area contributed by atoms with Crippen molar-refractivity contribution in [2.75, 3.05) is 5.88 Å². The summed E-state index contributed by atoms with van der Waals surface area (Å²) in [4.78, 5) is 0.956. The van der Waals surface area contributed by atoms with E-state index < -0.39 is 0 Å². The van der Waals surface area contributed by atoms with Gasteiger partial charge in [0.1, 0.15) is 0 Å². The second-order valence-corrected chi connectivity index (χ2v) is 3.18. The Labute approximate surface area is 83.3 Å². The SMILES string of the molecule is Sc1ccc(C#CCCCl)cc1. The second-order valence-electron chi connectivity index (χ2n) is 2.29. The maximum Gasteiger partial charge on any atom is 0.0333 e. The minimum absolute atomic E-state index is 0.595. The first-order chi connectivity index (χ1) is 5.83. The smallest absolute Gasteiger partial charge is 0.0333 e. The van der Waals surface area contributed by atoms with Gasteiger partial charge in [-0.15, -0.1) is 24.2 Å². The molecule has 2 heteroatoms. The predicted molar refractivity (Wildman–Crippen MR) is 55.9 cm³/mol. The number of benzene rings is 1. The van der Waals surface area contributed by atoms with Gasteiger partial charge in [-0.1, -0.05) is 11.8 Å². The van der Waals surface area contributed by atoms with Crippen LogP contribution in [0.5, 0.6) is 0 Å². The maximum atomic E-state index is 5.48.